The number of alkyl halides is 13. The topological polar surface area (TPSA) is 83.5 Å². The molecule has 0 aliphatic heterocycles. The maximum absolute atomic E-state index is 12.6. The molecule has 0 heterocycles. The van der Waals surface area contributed by atoms with Crippen LogP contribution in [-0.4, -0.2) is 48.7 Å². The molecule has 0 aromatic rings. The quantitative estimate of drug-likeness (QED) is 0.408. The number of carboxylic acid groups (broad SMARTS) is 1. The fraction of sp³-hybridized carbons (Fsp3) is 0.857. The summed E-state index contributed by atoms with van der Waals surface area (Å²) >= 11 is 0. The zero-order valence-electron chi connectivity index (χ0n) is 11.3. The summed E-state index contributed by atoms with van der Waals surface area (Å²) in [7, 11) is 0. The monoisotopic (exact) mass is 444 g/mol. The Balaban J connectivity index is 5.14. The fourth-order valence-corrected chi connectivity index (χ4v) is 0.826. The summed E-state index contributed by atoms with van der Waals surface area (Å²) in [5.74, 6) is -3.49. The van der Waals surface area contributed by atoms with E-state index in [4.69, 9.17) is 5.11 Å². The highest BCUT2D eigenvalue weighted by molar-refractivity contribution is 5.73. The van der Waals surface area contributed by atoms with Gasteiger partial charge in [0.1, 0.15) is 0 Å². The zero-order valence-corrected chi connectivity index (χ0v) is 11.3. The summed E-state index contributed by atoms with van der Waals surface area (Å²) in [4.78, 5) is 9.75. The predicted molar refractivity (Wildman–Crippen MR) is 43.9 cm³/mol. The van der Waals surface area contributed by atoms with Gasteiger partial charge in [0, 0.05) is 0 Å². The molecule has 0 aromatic heterocycles. The standard InChI is InChI=1S/C7HF13O7/c8-2(9,1(21)22)23-4(13,14)25-6(17,18)27-7(19,20)26-5(15,16)24-3(10,11)12/h(H,21,22). The van der Waals surface area contributed by atoms with Crippen LogP contribution in [0.2, 0.25) is 0 Å². The molecule has 0 saturated heterocycles. The maximum Gasteiger partial charge on any atom is 0.529 e. The lowest BCUT2D eigenvalue weighted by molar-refractivity contribution is -0.624. The molecule has 0 amide bonds. The highest BCUT2D eigenvalue weighted by Gasteiger charge is 2.62. The van der Waals surface area contributed by atoms with Crippen molar-refractivity contribution in [1.29, 1.82) is 0 Å². The lowest BCUT2D eigenvalue weighted by Crippen LogP contribution is -2.48. The van der Waals surface area contributed by atoms with E-state index in [1.807, 2.05) is 9.47 Å². The van der Waals surface area contributed by atoms with Crippen molar-refractivity contribution < 1.29 is 90.7 Å². The molecule has 0 rings (SSSR count). The number of carbonyl (C=O) groups is 1. The molecule has 0 aromatic carbocycles. The van der Waals surface area contributed by atoms with Gasteiger partial charge in [0.15, 0.2) is 0 Å². The van der Waals surface area contributed by atoms with Crippen molar-refractivity contribution in [1.82, 2.24) is 0 Å². The number of aliphatic carboxylic acids is 1. The number of hydrogen-bond donors (Lipinski definition) is 1. The van der Waals surface area contributed by atoms with E-state index in [1.165, 1.54) is 0 Å². The Morgan fingerprint density at radius 1 is 0.519 bits per heavy atom. The second-order valence-electron chi connectivity index (χ2n) is 3.63. The minimum absolute atomic E-state index is 1.63. The Labute approximate surface area is 136 Å². The third-order valence-electron chi connectivity index (χ3n) is 1.44. The van der Waals surface area contributed by atoms with Crippen LogP contribution < -0.4 is 0 Å². The maximum atomic E-state index is 12.6. The smallest absolute Gasteiger partial charge is 0.475 e. The highest BCUT2D eigenvalue weighted by atomic mass is 19.4. The van der Waals surface area contributed by atoms with E-state index in [0.717, 1.165) is 0 Å². The number of hydrogen-bond acceptors (Lipinski definition) is 6. The van der Waals surface area contributed by atoms with Gasteiger partial charge in [0.05, 0.1) is 0 Å². The van der Waals surface area contributed by atoms with E-state index in [1.54, 1.807) is 14.2 Å². The molecule has 0 saturated carbocycles. The molecule has 20 heteroatoms. The van der Waals surface area contributed by atoms with Crippen molar-refractivity contribution in [2.24, 2.45) is 0 Å². The Hall–Kier alpha value is -1.64. The first-order valence-corrected chi connectivity index (χ1v) is 5.18. The van der Waals surface area contributed by atoms with E-state index < -0.39 is 43.6 Å². The van der Waals surface area contributed by atoms with Crippen LogP contribution in [-0.2, 0) is 28.5 Å². The first-order chi connectivity index (χ1) is 11.5. The predicted octanol–water partition coefficient (Wildman–Crippen LogP) is 3.47. The van der Waals surface area contributed by atoms with E-state index >= 15 is 0 Å². The van der Waals surface area contributed by atoms with E-state index in [0.29, 0.717) is 0 Å². The van der Waals surface area contributed by atoms with Crippen molar-refractivity contribution in [3.8, 4) is 0 Å². The van der Waals surface area contributed by atoms with Gasteiger partial charge in [-0.1, -0.05) is 0 Å². The van der Waals surface area contributed by atoms with Gasteiger partial charge >= 0.3 is 43.6 Å². The molecule has 0 spiro atoms. The molecule has 162 valence electrons. The first-order valence-electron chi connectivity index (χ1n) is 5.18. The fourth-order valence-electron chi connectivity index (χ4n) is 0.826. The molecule has 0 unspecified atom stereocenters. The van der Waals surface area contributed by atoms with Gasteiger partial charge in [-0.2, -0.15) is 13.5 Å². The summed E-state index contributed by atoms with van der Waals surface area (Å²) in [5.41, 5.74) is 0. The second-order valence-corrected chi connectivity index (χ2v) is 3.63. The highest BCUT2D eigenvalue weighted by Crippen LogP contribution is 2.40. The zero-order chi connectivity index (χ0) is 22.1. The Morgan fingerprint density at radius 3 is 1.04 bits per heavy atom. The molecule has 7 nitrogen and oxygen atoms in total. The van der Waals surface area contributed by atoms with Crippen LogP contribution in [0, 0.1) is 0 Å². The molecule has 0 fully saturated rings. The Kier molecular flexibility index (Phi) is 6.96. The van der Waals surface area contributed by atoms with Crippen LogP contribution in [0.25, 0.3) is 0 Å². The average Bonchev–Trinajstić information content (AvgIpc) is 2.15. The third-order valence-corrected chi connectivity index (χ3v) is 1.44. The molecular formula is C7HF13O7. The van der Waals surface area contributed by atoms with Crippen LogP contribution in [0.3, 0.4) is 0 Å². The van der Waals surface area contributed by atoms with Gasteiger partial charge < -0.3 is 5.11 Å². The van der Waals surface area contributed by atoms with E-state index in [9.17, 15) is 61.9 Å². The van der Waals surface area contributed by atoms with Crippen LogP contribution in [0.5, 0.6) is 0 Å². The van der Waals surface area contributed by atoms with Gasteiger partial charge in [-0.05, 0) is 0 Å². The molecule has 0 aliphatic rings. The lowest BCUT2D eigenvalue weighted by Gasteiger charge is -2.28. The summed E-state index contributed by atoms with van der Waals surface area (Å²) in [6, 6.07) is 0. The van der Waals surface area contributed by atoms with Crippen LogP contribution >= 0.6 is 0 Å². The Morgan fingerprint density at radius 2 is 0.778 bits per heavy atom. The van der Waals surface area contributed by atoms with Crippen LogP contribution in [0.4, 0.5) is 57.1 Å². The SMILES string of the molecule is O=C(O)C(F)(F)OC(F)(F)OC(F)(F)OC(F)(F)OC(F)(F)OC(F)(F)F. The number of ether oxygens (including phenoxy) is 5. The van der Waals surface area contributed by atoms with E-state index in [-0.39, 0.29) is 0 Å². The van der Waals surface area contributed by atoms with Crippen molar-refractivity contribution in [2.75, 3.05) is 0 Å². The minimum atomic E-state index is -6.57. The van der Waals surface area contributed by atoms with Gasteiger partial charge in [-0.15, -0.1) is 48.3 Å². The van der Waals surface area contributed by atoms with Crippen LogP contribution in [0.15, 0.2) is 0 Å². The second kappa shape index (κ2) is 7.41. The van der Waals surface area contributed by atoms with Gasteiger partial charge in [-0.25, -0.2) is 23.7 Å². The van der Waals surface area contributed by atoms with Gasteiger partial charge in [-0.3, -0.25) is 0 Å². The van der Waals surface area contributed by atoms with Crippen molar-refractivity contribution >= 4 is 5.97 Å². The molecule has 27 heavy (non-hydrogen) atoms. The van der Waals surface area contributed by atoms with Crippen LogP contribution in [0.1, 0.15) is 0 Å². The average molecular weight is 444 g/mol. The van der Waals surface area contributed by atoms with Crippen molar-refractivity contribution in [3.63, 3.8) is 0 Å². The lowest BCUT2D eigenvalue weighted by atomic mass is 10.6. The minimum Gasteiger partial charge on any atom is -0.475 e. The molecule has 0 aliphatic carbocycles. The molecule has 1 N–H and O–H groups in total. The van der Waals surface area contributed by atoms with Crippen molar-refractivity contribution in [3.05, 3.63) is 0 Å². The molecule has 0 atom stereocenters. The summed E-state index contributed by atoms with van der Waals surface area (Å²) < 4.78 is 168. The first kappa shape index (κ1) is 25.4. The van der Waals surface area contributed by atoms with Gasteiger partial charge in [0.25, 0.3) is 0 Å². The normalized spacial score (nSPS) is 15.1. The van der Waals surface area contributed by atoms with Crippen molar-refractivity contribution in [2.45, 2.75) is 37.6 Å². The Bertz CT molecular complexity index is 530. The molecular weight excluding hydrogens is 443 g/mol. The molecule has 0 radical (unpaired) electrons. The largest absolute Gasteiger partial charge is 0.529 e. The summed E-state index contributed by atoms with van der Waals surface area (Å²) in [5, 5.41) is 7.70. The van der Waals surface area contributed by atoms with E-state index in [2.05, 4.69) is 0 Å². The summed E-state index contributed by atoms with van der Waals surface area (Å²) in [6.07, 6.45) is -38.2. The third kappa shape index (κ3) is 10.3. The number of halogens is 13. The molecule has 0 bridgehead atoms. The van der Waals surface area contributed by atoms with Gasteiger partial charge in [0.2, 0.25) is 0 Å². The number of rotatable bonds is 10. The summed E-state index contributed by atoms with van der Waals surface area (Å²) in [6.45, 7) is 0. The number of carboxylic acids is 1.